The number of benzene rings is 4. The Morgan fingerprint density at radius 2 is 0.833 bits per heavy atom. The third-order valence-corrected chi connectivity index (χ3v) is 9.87. The van der Waals surface area contributed by atoms with Crippen molar-refractivity contribution in [2.45, 2.75) is 82.5 Å². The van der Waals surface area contributed by atoms with E-state index in [-0.39, 0.29) is 46.5 Å². The number of hydrogen-bond donors (Lipinski definition) is 0. The van der Waals surface area contributed by atoms with Gasteiger partial charge in [-0.3, -0.25) is 0 Å². The van der Waals surface area contributed by atoms with Crippen LogP contribution in [0.2, 0.25) is 0 Å². The number of hydrogen-bond acceptors (Lipinski definition) is 0. The summed E-state index contributed by atoms with van der Waals surface area (Å²) >= 11 is 0. The summed E-state index contributed by atoms with van der Waals surface area (Å²) in [5.74, 6) is 1.57. The van der Waals surface area contributed by atoms with Crippen LogP contribution < -0.4 is 24.8 Å². The third-order valence-electron chi connectivity index (χ3n) is 9.87. The van der Waals surface area contributed by atoms with Crippen LogP contribution in [0.15, 0.2) is 121 Å². The molecule has 0 saturated heterocycles. The van der Waals surface area contributed by atoms with Gasteiger partial charge in [-0.2, -0.15) is 12.1 Å². The van der Waals surface area contributed by atoms with Gasteiger partial charge in [-0.1, -0.05) is 122 Å². The molecule has 0 amide bonds. The molecule has 2 aliphatic rings. The molecule has 2 fully saturated rings. The molecule has 2 aliphatic carbocycles. The first-order valence-corrected chi connectivity index (χ1v) is 17.3. The first-order valence-electron chi connectivity index (χ1n) is 17.3. The molecule has 6 aromatic carbocycles. The smallest absolute Gasteiger partial charge is 1.00 e. The quantitative estimate of drug-likeness (QED) is 0.131. The SMILES string of the molecule is [CH2-]C[CH2-].[Cl-].[Cl-].[Ti+2].c1ccc(-c2cccc3[cH-]c(C4CCCCC4)cc23)cc1.c1ccc(-c2cccc3[cH-]c(C4CCCCC4)cc23)cc1. The molecule has 48 heavy (non-hydrogen) atoms. The molecular weight excluding hydrogens is 659 g/mol. The van der Waals surface area contributed by atoms with Crippen molar-refractivity contribution >= 4 is 21.5 Å². The van der Waals surface area contributed by atoms with Gasteiger partial charge in [0.25, 0.3) is 0 Å². The van der Waals surface area contributed by atoms with Gasteiger partial charge in [0.2, 0.25) is 0 Å². The second kappa shape index (κ2) is 20.2. The number of fused-ring (bicyclic) bond motifs is 2. The van der Waals surface area contributed by atoms with Crippen LogP contribution in [0.3, 0.4) is 0 Å². The maximum absolute atomic E-state index is 3.38. The molecule has 3 heteroatoms. The van der Waals surface area contributed by atoms with Crippen LogP contribution in [-0.4, -0.2) is 0 Å². The summed E-state index contributed by atoms with van der Waals surface area (Å²) in [6, 6.07) is 44.7. The summed E-state index contributed by atoms with van der Waals surface area (Å²) in [6.45, 7) is 6.75. The zero-order valence-corrected chi connectivity index (χ0v) is 31.2. The fourth-order valence-electron chi connectivity index (χ4n) is 7.60. The van der Waals surface area contributed by atoms with Crippen molar-refractivity contribution in [3.63, 3.8) is 0 Å². The maximum Gasteiger partial charge on any atom is 2.00 e. The average molecular weight is 708 g/mol. The fraction of sp³-hybridized carbons (Fsp3) is 0.289. The van der Waals surface area contributed by atoms with Crippen molar-refractivity contribution in [3.8, 4) is 22.3 Å². The fourth-order valence-corrected chi connectivity index (χ4v) is 7.60. The Labute approximate surface area is 317 Å². The Hall–Kier alpha value is -2.61. The summed E-state index contributed by atoms with van der Waals surface area (Å²) in [6.07, 6.45) is 14.7. The zero-order chi connectivity index (χ0) is 30.8. The van der Waals surface area contributed by atoms with Crippen LogP contribution in [0, 0.1) is 13.8 Å². The molecule has 0 aromatic heterocycles. The van der Waals surface area contributed by atoms with E-state index in [0.717, 1.165) is 18.3 Å². The van der Waals surface area contributed by atoms with Gasteiger partial charge in [0.15, 0.2) is 0 Å². The monoisotopic (exact) mass is 706 g/mol. The van der Waals surface area contributed by atoms with Crippen molar-refractivity contribution in [1.82, 2.24) is 0 Å². The number of rotatable bonds is 4. The molecule has 2 saturated carbocycles. The predicted molar refractivity (Wildman–Crippen MR) is 197 cm³/mol. The summed E-state index contributed by atoms with van der Waals surface area (Å²) in [5.41, 5.74) is 8.51. The van der Waals surface area contributed by atoms with Gasteiger partial charge in [-0.25, -0.2) is 0 Å². The minimum atomic E-state index is 0. The van der Waals surface area contributed by atoms with Gasteiger partial charge >= 0.3 is 21.7 Å². The Balaban J connectivity index is 0.000000228. The van der Waals surface area contributed by atoms with Gasteiger partial charge in [-0.15, -0.1) is 69.1 Å². The minimum absolute atomic E-state index is 0. The standard InChI is InChI=1S/2C21H21.C3H6.2ClH.Ti/c2*1-3-8-16(9-4-1)19-14-18-12-7-13-20(21(18)15-19)17-10-5-2-6-11-17;1-3-2;;;/h2*2,5-7,10-16H,1,3-4,8-9H2;1-3H2;2*1H;/q2*-1;-2;;;+2/p-2. The van der Waals surface area contributed by atoms with Crippen LogP contribution in [0.4, 0.5) is 0 Å². The molecule has 0 N–H and O–H groups in total. The van der Waals surface area contributed by atoms with Crippen molar-refractivity contribution < 1.29 is 46.5 Å². The van der Waals surface area contributed by atoms with Crippen LogP contribution in [0.5, 0.6) is 0 Å². The molecule has 6 aromatic rings. The Morgan fingerprint density at radius 3 is 1.19 bits per heavy atom. The van der Waals surface area contributed by atoms with E-state index >= 15 is 0 Å². The average Bonchev–Trinajstić information content (AvgIpc) is 3.76. The summed E-state index contributed by atoms with van der Waals surface area (Å²) in [4.78, 5) is 0. The van der Waals surface area contributed by atoms with Gasteiger partial charge in [-0.05, 0) is 48.6 Å². The number of halogens is 2. The minimum Gasteiger partial charge on any atom is -1.00 e. The Morgan fingerprint density at radius 1 is 0.479 bits per heavy atom. The molecule has 0 atom stereocenters. The van der Waals surface area contributed by atoms with E-state index in [2.05, 4.69) is 135 Å². The van der Waals surface area contributed by atoms with Crippen molar-refractivity contribution in [1.29, 1.82) is 0 Å². The Kier molecular flexibility index (Phi) is 16.7. The second-order valence-corrected chi connectivity index (χ2v) is 12.9. The first kappa shape index (κ1) is 39.8. The zero-order valence-electron chi connectivity index (χ0n) is 28.2. The molecule has 0 heterocycles. The molecule has 0 unspecified atom stereocenters. The second-order valence-electron chi connectivity index (χ2n) is 12.9. The van der Waals surface area contributed by atoms with E-state index in [4.69, 9.17) is 0 Å². The van der Waals surface area contributed by atoms with Gasteiger partial charge in [0, 0.05) is 0 Å². The summed E-state index contributed by atoms with van der Waals surface area (Å²) < 4.78 is 0. The van der Waals surface area contributed by atoms with Crippen molar-refractivity contribution in [2.24, 2.45) is 0 Å². The summed E-state index contributed by atoms with van der Waals surface area (Å²) in [5, 5.41) is 5.64. The first-order chi connectivity index (χ1) is 22.2. The van der Waals surface area contributed by atoms with Crippen LogP contribution in [-0.2, 0) is 21.7 Å². The van der Waals surface area contributed by atoms with Crippen LogP contribution in [0.25, 0.3) is 43.8 Å². The molecule has 0 radical (unpaired) electrons. The largest absolute Gasteiger partial charge is 2.00 e. The molecule has 0 spiro atoms. The maximum atomic E-state index is 3.38. The molecule has 8 rings (SSSR count). The molecule has 0 nitrogen and oxygen atoms in total. The van der Waals surface area contributed by atoms with E-state index in [1.165, 1.54) is 108 Å². The summed E-state index contributed by atoms with van der Waals surface area (Å²) in [7, 11) is 0. The molecule has 250 valence electrons. The van der Waals surface area contributed by atoms with Crippen LogP contribution in [0.1, 0.15) is 93.6 Å². The molecule has 0 aliphatic heterocycles. The Bertz CT molecular complexity index is 1620. The van der Waals surface area contributed by atoms with Crippen LogP contribution >= 0.6 is 0 Å². The topological polar surface area (TPSA) is 0 Å². The molecular formula is C45H48Cl2Ti-4. The third kappa shape index (κ3) is 9.76. The van der Waals surface area contributed by atoms with E-state index in [0.29, 0.717) is 0 Å². The van der Waals surface area contributed by atoms with E-state index in [9.17, 15) is 0 Å². The van der Waals surface area contributed by atoms with E-state index < -0.39 is 0 Å². The van der Waals surface area contributed by atoms with Gasteiger partial charge < -0.3 is 45.1 Å². The van der Waals surface area contributed by atoms with E-state index in [1.807, 2.05) is 0 Å². The van der Waals surface area contributed by atoms with E-state index in [1.54, 1.807) is 11.1 Å². The van der Waals surface area contributed by atoms with Crippen molar-refractivity contribution in [2.75, 3.05) is 0 Å². The van der Waals surface area contributed by atoms with Crippen molar-refractivity contribution in [3.05, 3.63) is 146 Å². The van der Waals surface area contributed by atoms with Gasteiger partial charge in [0.05, 0.1) is 0 Å². The normalized spacial score (nSPS) is 14.7. The molecule has 0 bridgehead atoms. The van der Waals surface area contributed by atoms with Gasteiger partial charge in [0.1, 0.15) is 0 Å². The predicted octanol–water partition coefficient (Wildman–Crippen LogP) is 7.60.